The molecule has 0 aliphatic rings. The number of nitrogens with zero attached hydrogens (tertiary/aromatic N) is 5. The fourth-order valence-corrected chi connectivity index (χ4v) is 4.74. The molecule has 0 saturated heterocycles. The minimum absolute atomic E-state index is 0.0412. The first-order chi connectivity index (χ1) is 19.8. The Kier molecular flexibility index (Phi) is 7.97. The maximum Gasteiger partial charge on any atom is 0.254 e. The molecule has 1 amide bonds. The van der Waals surface area contributed by atoms with E-state index >= 15 is 0 Å². The molecule has 6 nitrogen and oxygen atoms in total. The van der Waals surface area contributed by atoms with Gasteiger partial charge in [0.15, 0.2) is 5.82 Å². The molecule has 0 aliphatic carbocycles. The van der Waals surface area contributed by atoms with Gasteiger partial charge in [-0.2, -0.15) is 5.26 Å². The zero-order valence-electron chi connectivity index (χ0n) is 22.7. The van der Waals surface area contributed by atoms with Gasteiger partial charge in [-0.3, -0.25) is 4.79 Å². The van der Waals surface area contributed by atoms with Gasteiger partial charge in [-0.15, -0.1) is 10.2 Å². The standard InChI is InChI=1S/C33H27F2N5O/c1-22-5-3-4-6-29(22)30-15-26(12-7-23(30)2)33(41)39(19-27-13-14-28(34)16-31(27)35)20-32-38-37-21-40(32)18-25-10-8-24(17-36)9-11-25/h3-16,21H,18-20H2,1-2H3. The summed E-state index contributed by atoms with van der Waals surface area (Å²) in [7, 11) is 0. The van der Waals surface area contributed by atoms with E-state index in [2.05, 4.69) is 16.3 Å². The Labute approximate surface area is 237 Å². The maximum absolute atomic E-state index is 14.7. The van der Waals surface area contributed by atoms with Crippen molar-refractivity contribution in [3.63, 3.8) is 0 Å². The number of hydrogen-bond acceptors (Lipinski definition) is 4. The highest BCUT2D eigenvalue weighted by Gasteiger charge is 2.22. The summed E-state index contributed by atoms with van der Waals surface area (Å²) in [5.41, 5.74) is 6.17. The Morgan fingerprint density at radius 3 is 2.39 bits per heavy atom. The van der Waals surface area contributed by atoms with E-state index in [9.17, 15) is 13.6 Å². The van der Waals surface area contributed by atoms with E-state index in [0.717, 1.165) is 33.9 Å². The van der Waals surface area contributed by atoms with Crippen molar-refractivity contribution < 1.29 is 13.6 Å². The van der Waals surface area contributed by atoms with Gasteiger partial charge in [-0.05, 0) is 72.0 Å². The minimum atomic E-state index is -0.730. The Morgan fingerprint density at radius 2 is 1.66 bits per heavy atom. The van der Waals surface area contributed by atoms with Gasteiger partial charge in [-0.25, -0.2) is 8.78 Å². The fourth-order valence-electron chi connectivity index (χ4n) is 4.74. The predicted molar refractivity (Wildman–Crippen MR) is 152 cm³/mol. The molecule has 1 heterocycles. The van der Waals surface area contributed by atoms with Crippen molar-refractivity contribution in [2.75, 3.05) is 0 Å². The van der Waals surface area contributed by atoms with E-state index in [-0.39, 0.29) is 24.6 Å². The molecule has 0 fully saturated rings. The van der Waals surface area contributed by atoms with Crippen molar-refractivity contribution in [2.24, 2.45) is 0 Å². The van der Waals surface area contributed by atoms with Crippen LogP contribution in [0.4, 0.5) is 8.78 Å². The average Bonchev–Trinajstić information content (AvgIpc) is 3.41. The second-order valence-corrected chi connectivity index (χ2v) is 9.93. The van der Waals surface area contributed by atoms with Crippen molar-refractivity contribution in [1.29, 1.82) is 5.26 Å². The number of amides is 1. The Morgan fingerprint density at radius 1 is 0.902 bits per heavy atom. The van der Waals surface area contributed by atoms with E-state index in [1.165, 1.54) is 17.0 Å². The molecule has 0 unspecified atom stereocenters. The molecule has 204 valence electrons. The van der Waals surface area contributed by atoms with Crippen LogP contribution in [-0.2, 0) is 19.6 Å². The van der Waals surface area contributed by atoms with Crippen molar-refractivity contribution in [3.05, 3.63) is 142 Å². The third kappa shape index (κ3) is 6.20. The van der Waals surface area contributed by atoms with Gasteiger partial charge in [0, 0.05) is 23.7 Å². The number of benzene rings is 4. The van der Waals surface area contributed by atoms with Gasteiger partial charge in [0.25, 0.3) is 5.91 Å². The van der Waals surface area contributed by atoms with Crippen molar-refractivity contribution in [3.8, 4) is 17.2 Å². The number of aryl methyl sites for hydroxylation is 2. The largest absolute Gasteiger partial charge is 0.327 e. The molecule has 0 spiro atoms. The topological polar surface area (TPSA) is 74.8 Å². The number of hydrogen-bond donors (Lipinski definition) is 0. The van der Waals surface area contributed by atoms with E-state index in [1.54, 1.807) is 29.1 Å². The minimum Gasteiger partial charge on any atom is -0.327 e. The highest BCUT2D eigenvalue weighted by atomic mass is 19.1. The molecule has 0 N–H and O–H groups in total. The number of halogens is 2. The maximum atomic E-state index is 14.7. The second kappa shape index (κ2) is 11.9. The first-order valence-corrected chi connectivity index (χ1v) is 13.1. The van der Waals surface area contributed by atoms with Crippen LogP contribution >= 0.6 is 0 Å². The third-order valence-electron chi connectivity index (χ3n) is 7.05. The highest BCUT2D eigenvalue weighted by Crippen LogP contribution is 2.28. The quantitative estimate of drug-likeness (QED) is 0.219. The number of nitriles is 1. The highest BCUT2D eigenvalue weighted by molar-refractivity contribution is 5.96. The number of carbonyl (C=O) groups is 1. The van der Waals surface area contributed by atoms with E-state index < -0.39 is 11.6 Å². The van der Waals surface area contributed by atoms with E-state index in [4.69, 9.17) is 5.26 Å². The zero-order valence-corrected chi connectivity index (χ0v) is 22.7. The summed E-state index contributed by atoms with van der Waals surface area (Å²) in [4.78, 5) is 15.5. The van der Waals surface area contributed by atoms with Gasteiger partial charge in [0.2, 0.25) is 0 Å². The molecule has 0 bridgehead atoms. The molecule has 5 rings (SSSR count). The summed E-state index contributed by atoms with van der Waals surface area (Å²) in [5.74, 6) is -1.24. The number of rotatable bonds is 8. The lowest BCUT2D eigenvalue weighted by Crippen LogP contribution is -2.32. The smallest absolute Gasteiger partial charge is 0.254 e. The van der Waals surface area contributed by atoms with Crippen LogP contribution in [0.2, 0.25) is 0 Å². The zero-order chi connectivity index (χ0) is 28.9. The monoisotopic (exact) mass is 547 g/mol. The van der Waals surface area contributed by atoms with Crippen LogP contribution in [0.1, 0.15) is 44.0 Å². The number of carbonyl (C=O) groups excluding carboxylic acids is 1. The summed E-state index contributed by atoms with van der Waals surface area (Å²) in [5, 5.41) is 17.4. The van der Waals surface area contributed by atoms with E-state index in [1.807, 2.05) is 62.4 Å². The van der Waals surface area contributed by atoms with Gasteiger partial charge in [0.1, 0.15) is 18.0 Å². The molecule has 41 heavy (non-hydrogen) atoms. The van der Waals surface area contributed by atoms with Gasteiger partial charge < -0.3 is 9.47 Å². The first-order valence-electron chi connectivity index (χ1n) is 13.1. The molecule has 0 radical (unpaired) electrons. The normalized spacial score (nSPS) is 10.8. The SMILES string of the molecule is Cc1ccccc1-c1cc(C(=O)N(Cc2ccc(F)cc2F)Cc2nncn2Cc2ccc(C#N)cc2)ccc1C. The Hall–Kier alpha value is -5.16. The van der Waals surface area contributed by atoms with Crippen molar-refractivity contribution in [1.82, 2.24) is 19.7 Å². The molecule has 0 saturated carbocycles. The lowest BCUT2D eigenvalue weighted by atomic mass is 9.94. The van der Waals surface area contributed by atoms with Crippen LogP contribution in [0.25, 0.3) is 11.1 Å². The molecular formula is C33H27F2N5O. The third-order valence-corrected chi connectivity index (χ3v) is 7.05. The molecule has 1 aromatic heterocycles. The van der Waals surface area contributed by atoms with E-state index in [0.29, 0.717) is 23.5 Å². The lowest BCUT2D eigenvalue weighted by Gasteiger charge is -2.24. The Balaban J connectivity index is 1.49. The predicted octanol–water partition coefficient (Wildman–Crippen LogP) is 6.60. The molecular weight excluding hydrogens is 520 g/mol. The summed E-state index contributed by atoms with van der Waals surface area (Å²) >= 11 is 0. The lowest BCUT2D eigenvalue weighted by molar-refractivity contribution is 0.0722. The molecule has 4 aromatic carbocycles. The summed E-state index contributed by atoms with van der Waals surface area (Å²) in [6.07, 6.45) is 1.57. The van der Waals surface area contributed by atoms with Crippen LogP contribution in [0.5, 0.6) is 0 Å². The van der Waals surface area contributed by atoms with Crippen LogP contribution in [0.3, 0.4) is 0 Å². The molecule has 8 heteroatoms. The molecule has 0 atom stereocenters. The summed E-state index contributed by atoms with van der Waals surface area (Å²) in [6, 6.07) is 26.1. The first kappa shape index (κ1) is 27.4. The van der Waals surface area contributed by atoms with Gasteiger partial charge >= 0.3 is 0 Å². The van der Waals surface area contributed by atoms with Gasteiger partial charge in [0.05, 0.1) is 24.7 Å². The second-order valence-electron chi connectivity index (χ2n) is 9.93. The summed E-state index contributed by atoms with van der Waals surface area (Å²) < 4.78 is 30.2. The van der Waals surface area contributed by atoms with Gasteiger partial charge in [-0.1, -0.05) is 48.5 Å². The summed E-state index contributed by atoms with van der Waals surface area (Å²) in [6.45, 7) is 4.38. The van der Waals surface area contributed by atoms with Crippen LogP contribution in [0, 0.1) is 36.8 Å². The van der Waals surface area contributed by atoms with Crippen LogP contribution < -0.4 is 0 Å². The van der Waals surface area contributed by atoms with Crippen molar-refractivity contribution in [2.45, 2.75) is 33.5 Å². The Bertz CT molecular complexity index is 1750. The molecule has 0 aliphatic heterocycles. The van der Waals surface area contributed by atoms with Crippen molar-refractivity contribution >= 4 is 5.91 Å². The van der Waals surface area contributed by atoms with Crippen LogP contribution in [0.15, 0.2) is 91.3 Å². The van der Waals surface area contributed by atoms with Crippen LogP contribution in [-0.4, -0.2) is 25.6 Å². The average molecular weight is 548 g/mol. The number of aromatic nitrogens is 3. The molecule has 5 aromatic rings. The fraction of sp³-hybridized carbons (Fsp3) is 0.152.